The number of anilines is 2. The topological polar surface area (TPSA) is 137 Å². The number of hydrogen-bond acceptors (Lipinski definition) is 6. The average molecular weight is 496 g/mol. The molecule has 4 rings (SSSR count). The zero-order chi connectivity index (χ0) is 25.3. The van der Waals surface area contributed by atoms with Crippen molar-refractivity contribution in [2.45, 2.75) is 4.90 Å². The van der Waals surface area contributed by atoms with E-state index in [4.69, 9.17) is 0 Å². The van der Waals surface area contributed by atoms with Crippen molar-refractivity contribution < 1.29 is 18.1 Å². The van der Waals surface area contributed by atoms with Gasteiger partial charge in [-0.2, -0.15) is 0 Å². The second-order valence-electron chi connectivity index (χ2n) is 7.75. The SMILES string of the molecule is Cn1c(=O)n(C)c2cc(NC(=O)CN(c3cccc([N+](=O)[O-])c3)S(=O)(=O)c3ccccc3)ccc21. The summed E-state index contributed by atoms with van der Waals surface area (Å²) in [5, 5.41) is 13.9. The van der Waals surface area contributed by atoms with E-state index in [0.29, 0.717) is 16.7 Å². The van der Waals surface area contributed by atoms with Gasteiger partial charge in [-0.15, -0.1) is 0 Å². The molecule has 1 amide bonds. The van der Waals surface area contributed by atoms with Crippen LogP contribution in [-0.4, -0.2) is 34.9 Å². The predicted molar refractivity (Wildman–Crippen MR) is 131 cm³/mol. The minimum Gasteiger partial charge on any atom is -0.324 e. The number of hydrogen-bond donors (Lipinski definition) is 1. The standard InChI is InChI=1S/C23H21N5O6S/c1-25-20-12-11-16(13-21(20)26(2)23(25)30)24-22(29)15-27(17-7-6-8-18(14-17)28(31)32)35(33,34)19-9-4-3-5-10-19/h3-14H,15H2,1-2H3,(H,24,29). The second kappa shape index (κ2) is 9.06. The lowest BCUT2D eigenvalue weighted by Gasteiger charge is -2.24. The van der Waals surface area contributed by atoms with E-state index in [-0.39, 0.29) is 22.0 Å². The van der Waals surface area contributed by atoms with Gasteiger partial charge in [0.15, 0.2) is 0 Å². The molecular formula is C23H21N5O6S. The number of aryl methyl sites for hydroxylation is 2. The fraction of sp³-hybridized carbons (Fsp3) is 0.130. The largest absolute Gasteiger partial charge is 0.328 e. The number of amides is 1. The first-order valence-electron chi connectivity index (χ1n) is 10.4. The first-order valence-corrected chi connectivity index (χ1v) is 11.8. The first-order chi connectivity index (χ1) is 16.6. The molecule has 1 N–H and O–H groups in total. The number of non-ortho nitro benzene ring substituents is 1. The summed E-state index contributed by atoms with van der Waals surface area (Å²) >= 11 is 0. The quantitative estimate of drug-likeness (QED) is 0.309. The van der Waals surface area contributed by atoms with Gasteiger partial charge in [0.2, 0.25) is 5.91 Å². The van der Waals surface area contributed by atoms with Gasteiger partial charge in [0.1, 0.15) is 6.54 Å². The fourth-order valence-corrected chi connectivity index (χ4v) is 5.15. The number of fused-ring (bicyclic) bond motifs is 1. The third-order valence-electron chi connectivity index (χ3n) is 5.50. The molecule has 0 aliphatic carbocycles. The molecule has 0 saturated carbocycles. The molecule has 0 aliphatic rings. The van der Waals surface area contributed by atoms with Gasteiger partial charge in [0.05, 0.1) is 26.5 Å². The molecule has 0 saturated heterocycles. The van der Waals surface area contributed by atoms with E-state index in [2.05, 4.69) is 5.32 Å². The van der Waals surface area contributed by atoms with Crippen molar-refractivity contribution in [3.63, 3.8) is 0 Å². The molecule has 0 aliphatic heterocycles. The second-order valence-corrected chi connectivity index (χ2v) is 9.62. The smallest absolute Gasteiger partial charge is 0.324 e. The molecule has 0 bridgehead atoms. The third-order valence-corrected chi connectivity index (χ3v) is 7.29. The molecule has 180 valence electrons. The Morgan fingerprint density at radius 3 is 2.34 bits per heavy atom. The number of carbonyl (C=O) groups excluding carboxylic acids is 1. The summed E-state index contributed by atoms with van der Waals surface area (Å²) in [6.45, 7) is -0.635. The number of imidazole rings is 1. The van der Waals surface area contributed by atoms with E-state index in [9.17, 15) is 28.1 Å². The molecule has 1 aromatic heterocycles. The van der Waals surface area contributed by atoms with Crippen LogP contribution < -0.4 is 15.3 Å². The number of nitrogens with one attached hydrogen (secondary N) is 1. The van der Waals surface area contributed by atoms with Crippen molar-refractivity contribution in [3.8, 4) is 0 Å². The Hall–Kier alpha value is -4.45. The number of sulfonamides is 1. The molecule has 11 nitrogen and oxygen atoms in total. The van der Waals surface area contributed by atoms with E-state index in [0.717, 1.165) is 10.4 Å². The molecular weight excluding hydrogens is 474 g/mol. The highest BCUT2D eigenvalue weighted by Crippen LogP contribution is 2.27. The van der Waals surface area contributed by atoms with Crippen LogP contribution in [0.1, 0.15) is 0 Å². The summed E-state index contributed by atoms with van der Waals surface area (Å²) in [7, 11) is -0.989. The number of aromatic nitrogens is 2. The van der Waals surface area contributed by atoms with E-state index in [1.807, 2.05) is 0 Å². The van der Waals surface area contributed by atoms with Crippen LogP contribution in [0.15, 0.2) is 82.5 Å². The van der Waals surface area contributed by atoms with E-state index in [1.165, 1.54) is 51.6 Å². The summed E-state index contributed by atoms with van der Waals surface area (Å²) in [5.41, 5.74) is 1.04. The van der Waals surface area contributed by atoms with Gasteiger partial charge in [-0.25, -0.2) is 13.2 Å². The highest BCUT2D eigenvalue weighted by atomic mass is 32.2. The summed E-state index contributed by atoms with van der Waals surface area (Å²) in [4.78, 5) is 35.7. The summed E-state index contributed by atoms with van der Waals surface area (Å²) in [6, 6.07) is 17.4. The molecule has 4 aromatic rings. The molecule has 0 unspecified atom stereocenters. The van der Waals surface area contributed by atoms with Gasteiger partial charge >= 0.3 is 5.69 Å². The van der Waals surface area contributed by atoms with E-state index < -0.39 is 27.4 Å². The zero-order valence-electron chi connectivity index (χ0n) is 18.8. The van der Waals surface area contributed by atoms with Gasteiger partial charge in [0.25, 0.3) is 15.7 Å². The predicted octanol–water partition coefficient (Wildman–Crippen LogP) is 2.62. The summed E-state index contributed by atoms with van der Waals surface area (Å²) in [6.07, 6.45) is 0. The monoisotopic (exact) mass is 495 g/mol. The van der Waals surface area contributed by atoms with Crippen LogP contribution in [0.3, 0.4) is 0 Å². The Kier molecular flexibility index (Phi) is 6.14. The first kappa shape index (κ1) is 23.7. The molecule has 0 spiro atoms. The van der Waals surface area contributed by atoms with Gasteiger partial charge in [0, 0.05) is 31.9 Å². The Labute approximate surface area is 200 Å². The Bertz CT molecular complexity index is 1610. The molecule has 1 heterocycles. The lowest BCUT2D eigenvalue weighted by Crippen LogP contribution is -2.38. The maximum atomic E-state index is 13.4. The molecule has 0 atom stereocenters. The molecule has 0 radical (unpaired) electrons. The number of rotatable bonds is 7. The third kappa shape index (κ3) is 4.51. The van der Waals surface area contributed by atoms with Crippen LogP contribution in [0.2, 0.25) is 0 Å². The Morgan fingerprint density at radius 1 is 0.971 bits per heavy atom. The van der Waals surface area contributed by atoms with Crippen molar-refractivity contribution in [2.75, 3.05) is 16.2 Å². The van der Waals surface area contributed by atoms with Crippen LogP contribution in [0.5, 0.6) is 0 Å². The number of benzene rings is 3. The molecule has 12 heteroatoms. The normalized spacial score (nSPS) is 11.4. The van der Waals surface area contributed by atoms with Gasteiger partial charge in [-0.1, -0.05) is 24.3 Å². The van der Waals surface area contributed by atoms with Crippen molar-refractivity contribution in [2.24, 2.45) is 14.1 Å². The van der Waals surface area contributed by atoms with Gasteiger partial charge in [-0.3, -0.25) is 28.3 Å². The maximum absolute atomic E-state index is 13.4. The Morgan fingerprint density at radius 2 is 1.66 bits per heavy atom. The van der Waals surface area contributed by atoms with Crippen molar-refractivity contribution in [1.82, 2.24) is 9.13 Å². The summed E-state index contributed by atoms with van der Waals surface area (Å²) in [5.74, 6) is -0.670. The van der Waals surface area contributed by atoms with Crippen molar-refractivity contribution in [1.29, 1.82) is 0 Å². The van der Waals surface area contributed by atoms with Gasteiger partial charge < -0.3 is 5.32 Å². The van der Waals surface area contributed by atoms with E-state index in [1.54, 1.807) is 38.4 Å². The number of nitro groups is 1. The number of nitro benzene ring substituents is 1. The van der Waals surface area contributed by atoms with Crippen LogP contribution >= 0.6 is 0 Å². The highest BCUT2D eigenvalue weighted by Gasteiger charge is 2.28. The van der Waals surface area contributed by atoms with Gasteiger partial charge in [-0.05, 0) is 36.4 Å². The molecule has 3 aromatic carbocycles. The van der Waals surface area contributed by atoms with Crippen LogP contribution in [0, 0.1) is 10.1 Å². The minimum atomic E-state index is -4.23. The minimum absolute atomic E-state index is 0.0286. The lowest BCUT2D eigenvalue weighted by atomic mass is 10.2. The number of nitrogens with zero attached hydrogens (tertiary/aromatic N) is 4. The molecule has 35 heavy (non-hydrogen) atoms. The van der Waals surface area contributed by atoms with Crippen molar-refractivity contribution >= 4 is 44.0 Å². The average Bonchev–Trinajstić information content (AvgIpc) is 3.06. The summed E-state index contributed by atoms with van der Waals surface area (Å²) < 4.78 is 30.5. The highest BCUT2D eigenvalue weighted by molar-refractivity contribution is 7.92. The fourth-order valence-electron chi connectivity index (χ4n) is 3.71. The number of carbonyl (C=O) groups is 1. The van der Waals surface area contributed by atoms with Crippen molar-refractivity contribution in [3.05, 3.63) is 93.4 Å². The van der Waals surface area contributed by atoms with Crippen LogP contribution in [0.25, 0.3) is 11.0 Å². The zero-order valence-corrected chi connectivity index (χ0v) is 19.6. The Balaban J connectivity index is 1.69. The maximum Gasteiger partial charge on any atom is 0.328 e. The van der Waals surface area contributed by atoms with E-state index >= 15 is 0 Å². The van der Waals surface area contributed by atoms with Crippen LogP contribution in [-0.2, 0) is 28.9 Å². The molecule has 0 fully saturated rings. The lowest BCUT2D eigenvalue weighted by molar-refractivity contribution is -0.384. The van der Waals surface area contributed by atoms with Crippen LogP contribution in [0.4, 0.5) is 17.1 Å².